The van der Waals surface area contributed by atoms with Crippen LogP contribution in [0.3, 0.4) is 0 Å². The second kappa shape index (κ2) is 7.21. The number of hydrogen-bond donors (Lipinski definition) is 0. The van der Waals surface area contributed by atoms with Crippen LogP contribution in [0, 0.1) is 17.2 Å². The highest BCUT2D eigenvalue weighted by molar-refractivity contribution is 14.1. The van der Waals surface area contributed by atoms with Crippen LogP contribution in [0.4, 0.5) is 0 Å². The number of nitrogens with zero attached hydrogens (tertiary/aromatic N) is 3. The summed E-state index contributed by atoms with van der Waals surface area (Å²) < 4.78 is 0.387. The molecule has 0 aliphatic carbocycles. The summed E-state index contributed by atoms with van der Waals surface area (Å²) in [6, 6.07) is 2.16. The summed E-state index contributed by atoms with van der Waals surface area (Å²) in [6.45, 7) is 7.02. The highest BCUT2D eigenvalue weighted by atomic mass is 127. The fraction of sp³-hybridized carbons (Fsp3) is 0.562. The molecule has 4 nitrogen and oxygen atoms in total. The van der Waals surface area contributed by atoms with E-state index in [0.717, 1.165) is 25.0 Å². The first kappa shape index (κ1) is 16.2. The smallest absolute Gasteiger partial charge is 0.263 e. The molecule has 0 aromatic rings. The predicted octanol–water partition coefficient (Wildman–Crippen LogP) is 2.90. The largest absolute Gasteiger partial charge is 0.336 e. The lowest BCUT2D eigenvalue weighted by Gasteiger charge is -2.35. The van der Waals surface area contributed by atoms with E-state index < -0.39 is 0 Å². The number of carbonyl (C=O) groups excluding carboxylic acids is 1. The number of aliphatic imine (C=N–C) groups is 1. The molecule has 0 spiro atoms. The molecule has 2 aliphatic heterocycles. The molecule has 5 heteroatoms. The zero-order chi connectivity index (χ0) is 15.4. The fourth-order valence-electron chi connectivity index (χ4n) is 2.84. The summed E-state index contributed by atoms with van der Waals surface area (Å²) in [6.07, 6.45) is 7.51. The number of halogens is 1. The van der Waals surface area contributed by atoms with Crippen LogP contribution in [-0.4, -0.2) is 39.6 Å². The van der Waals surface area contributed by atoms with Crippen LogP contribution >= 0.6 is 22.6 Å². The Bertz CT molecular complexity index is 532. The van der Waals surface area contributed by atoms with Gasteiger partial charge < -0.3 is 4.90 Å². The lowest BCUT2D eigenvalue weighted by Crippen LogP contribution is -2.46. The molecule has 21 heavy (non-hydrogen) atoms. The van der Waals surface area contributed by atoms with Crippen molar-refractivity contribution in [2.45, 2.75) is 36.2 Å². The maximum absolute atomic E-state index is 12.1. The highest BCUT2D eigenvalue weighted by Crippen LogP contribution is 2.27. The number of rotatable bonds is 4. The van der Waals surface area contributed by atoms with Crippen molar-refractivity contribution in [1.82, 2.24) is 4.90 Å². The Labute approximate surface area is 139 Å². The van der Waals surface area contributed by atoms with Crippen molar-refractivity contribution in [1.29, 1.82) is 5.26 Å². The maximum atomic E-state index is 12.1. The Morgan fingerprint density at radius 3 is 3.05 bits per heavy atom. The molecule has 0 radical (unpaired) electrons. The van der Waals surface area contributed by atoms with E-state index in [4.69, 9.17) is 10.3 Å². The number of nitriles is 1. The topological polar surface area (TPSA) is 56.5 Å². The van der Waals surface area contributed by atoms with Gasteiger partial charge in [0.05, 0.1) is 6.04 Å². The third-order valence-electron chi connectivity index (χ3n) is 3.89. The molecular weight excluding hydrogens is 377 g/mol. The number of amides is 1. The Morgan fingerprint density at radius 2 is 2.38 bits per heavy atom. The standard InChI is InChI=1S/C16H20IN3O/c1-3-4-14-5-6-15(19-14)12-7-13(17)10-20(9-12)16(21)11(2)8-18/h5-6,12-14H,2-4,7,9-10H2,1H3. The van der Waals surface area contributed by atoms with Gasteiger partial charge in [0.1, 0.15) is 11.6 Å². The lowest BCUT2D eigenvalue weighted by molar-refractivity contribution is -0.127. The third-order valence-corrected chi connectivity index (χ3v) is 4.79. The van der Waals surface area contributed by atoms with Gasteiger partial charge in [-0.1, -0.05) is 48.6 Å². The van der Waals surface area contributed by atoms with Gasteiger partial charge >= 0.3 is 0 Å². The molecule has 1 fully saturated rings. The van der Waals surface area contributed by atoms with E-state index in [9.17, 15) is 4.79 Å². The van der Waals surface area contributed by atoms with Crippen molar-refractivity contribution in [2.24, 2.45) is 10.9 Å². The van der Waals surface area contributed by atoms with E-state index in [1.165, 1.54) is 0 Å². The average molecular weight is 397 g/mol. The van der Waals surface area contributed by atoms with E-state index in [1.54, 1.807) is 4.90 Å². The summed E-state index contributed by atoms with van der Waals surface area (Å²) in [5.41, 5.74) is 1.13. The van der Waals surface area contributed by atoms with Crippen LogP contribution in [0.2, 0.25) is 0 Å². The molecule has 2 rings (SSSR count). The van der Waals surface area contributed by atoms with Gasteiger partial charge in [-0.3, -0.25) is 9.79 Å². The van der Waals surface area contributed by atoms with Gasteiger partial charge in [0.2, 0.25) is 0 Å². The summed E-state index contributed by atoms with van der Waals surface area (Å²) in [7, 11) is 0. The summed E-state index contributed by atoms with van der Waals surface area (Å²) in [4.78, 5) is 18.7. The number of alkyl halides is 1. The molecule has 0 saturated carbocycles. The van der Waals surface area contributed by atoms with Gasteiger partial charge in [0.15, 0.2) is 0 Å². The van der Waals surface area contributed by atoms with Crippen LogP contribution in [0.15, 0.2) is 29.3 Å². The SMILES string of the molecule is C=C(C#N)C(=O)N1CC(I)CC(C2=NC(CCC)C=C2)C1. The fourth-order valence-corrected chi connectivity index (χ4v) is 3.93. The van der Waals surface area contributed by atoms with E-state index in [1.807, 2.05) is 6.07 Å². The minimum atomic E-state index is -0.239. The monoisotopic (exact) mass is 397 g/mol. The molecule has 0 N–H and O–H groups in total. The summed E-state index contributed by atoms with van der Waals surface area (Å²) >= 11 is 2.38. The third kappa shape index (κ3) is 3.94. The van der Waals surface area contributed by atoms with E-state index in [-0.39, 0.29) is 17.4 Å². The van der Waals surface area contributed by atoms with Gasteiger partial charge in [-0.2, -0.15) is 5.26 Å². The van der Waals surface area contributed by atoms with E-state index >= 15 is 0 Å². The summed E-state index contributed by atoms with van der Waals surface area (Å²) in [5.74, 6) is 0.0331. The highest BCUT2D eigenvalue weighted by Gasteiger charge is 2.32. The molecule has 2 heterocycles. The van der Waals surface area contributed by atoms with Crippen molar-refractivity contribution in [2.75, 3.05) is 13.1 Å². The normalized spacial score (nSPS) is 28.1. The molecule has 0 aromatic heterocycles. The van der Waals surface area contributed by atoms with E-state index in [2.05, 4.69) is 48.2 Å². The lowest BCUT2D eigenvalue weighted by atomic mass is 9.93. The van der Waals surface area contributed by atoms with Crippen molar-refractivity contribution in [3.05, 3.63) is 24.3 Å². The number of carbonyl (C=O) groups is 1. The predicted molar refractivity (Wildman–Crippen MR) is 92.5 cm³/mol. The second-order valence-corrected chi connectivity index (χ2v) is 7.36. The molecule has 3 unspecified atom stereocenters. The first-order valence-electron chi connectivity index (χ1n) is 7.33. The Balaban J connectivity index is 2.07. The number of likely N-dealkylation sites (tertiary alicyclic amines) is 1. The minimum Gasteiger partial charge on any atom is -0.336 e. The second-order valence-electron chi connectivity index (χ2n) is 5.60. The molecule has 0 aromatic carbocycles. The first-order chi connectivity index (χ1) is 10.0. The van der Waals surface area contributed by atoms with Crippen LogP contribution in [0.5, 0.6) is 0 Å². The van der Waals surface area contributed by atoms with Gasteiger partial charge in [-0.25, -0.2) is 0 Å². The van der Waals surface area contributed by atoms with Crippen molar-refractivity contribution >= 4 is 34.2 Å². The zero-order valence-electron chi connectivity index (χ0n) is 12.3. The van der Waals surface area contributed by atoms with Gasteiger partial charge in [-0.05, 0) is 18.9 Å². The molecule has 1 amide bonds. The Morgan fingerprint density at radius 1 is 1.62 bits per heavy atom. The van der Waals surface area contributed by atoms with Crippen molar-refractivity contribution in [3.63, 3.8) is 0 Å². The molecule has 0 bridgehead atoms. The van der Waals surface area contributed by atoms with Gasteiger partial charge in [0.25, 0.3) is 5.91 Å². The van der Waals surface area contributed by atoms with Gasteiger partial charge in [0, 0.05) is 28.6 Å². The number of piperidine rings is 1. The first-order valence-corrected chi connectivity index (χ1v) is 8.58. The summed E-state index contributed by atoms with van der Waals surface area (Å²) in [5, 5.41) is 8.84. The number of allylic oxidation sites excluding steroid dienone is 1. The molecule has 3 atom stereocenters. The molecule has 2 aliphatic rings. The quantitative estimate of drug-likeness (QED) is 0.317. The van der Waals surface area contributed by atoms with Crippen LogP contribution in [-0.2, 0) is 4.79 Å². The molecule has 1 saturated heterocycles. The van der Waals surface area contributed by atoms with Crippen LogP contribution in [0.1, 0.15) is 26.2 Å². The van der Waals surface area contributed by atoms with E-state index in [0.29, 0.717) is 23.1 Å². The molecular formula is C16H20IN3O. The maximum Gasteiger partial charge on any atom is 0.263 e. The minimum absolute atomic E-state index is 0.0204. The van der Waals surface area contributed by atoms with Crippen molar-refractivity contribution < 1.29 is 4.79 Å². The van der Waals surface area contributed by atoms with Gasteiger partial charge in [-0.15, -0.1) is 0 Å². The molecule has 112 valence electrons. The zero-order valence-corrected chi connectivity index (χ0v) is 14.4. The van der Waals surface area contributed by atoms with Crippen LogP contribution < -0.4 is 0 Å². The Kier molecular flexibility index (Phi) is 5.57. The average Bonchev–Trinajstić information content (AvgIpc) is 2.94. The number of hydrogen-bond acceptors (Lipinski definition) is 3. The van der Waals surface area contributed by atoms with Crippen LogP contribution in [0.25, 0.3) is 0 Å². The Hall–Kier alpha value is -1.16. The van der Waals surface area contributed by atoms with Crippen molar-refractivity contribution in [3.8, 4) is 6.07 Å².